The van der Waals surface area contributed by atoms with Crippen LogP contribution in [0.1, 0.15) is 37.4 Å². The highest BCUT2D eigenvalue weighted by Gasteiger charge is 2.35. The van der Waals surface area contributed by atoms with Crippen LogP contribution in [0.2, 0.25) is 5.02 Å². The van der Waals surface area contributed by atoms with Gasteiger partial charge in [0.05, 0.1) is 11.1 Å². The first-order valence-electron chi connectivity index (χ1n) is 7.27. The minimum absolute atomic E-state index is 0.223. The van der Waals surface area contributed by atoms with E-state index in [2.05, 4.69) is 65.4 Å². The third-order valence-electron chi connectivity index (χ3n) is 4.42. The molecule has 21 heavy (non-hydrogen) atoms. The van der Waals surface area contributed by atoms with Crippen LogP contribution in [0.5, 0.6) is 0 Å². The summed E-state index contributed by atoms with van der Waals surface area (Å²) in [7, 11) is 0. The zero-order valence-corrected chi connectivity index (χ0v) is 14.6. The van der Waals surface area contributed by atoms with E-state index in [-0.39, 0.29) is 5.41 Å². The molecule has 2 aromatic carbocycles. The van der Waals surface area contributed by atoms with Gasteiger partial charge in [0, 0.05) is 10.2 Å². The van der Waals surface area contributed by atoms with E-state index < -0.39 is 0 Å². The summed E-state index contributed by atoms with van der Waals surface area (Å²) in [5.74, 6) is 0. The summed E-state index contributed by atoms with van der Waals surface area (Å²) in [5.41, 5.74) is 4.20. The molecule has 0 heterocycles. The van der Waals surface area contributed by atoms with Crippen molar-refractivity contribution in [1.29, 1.82) is 0 Å². The van der Waals surface area contributed by atoms with Gasteiger partial charge in [0.25, 0.3) is 0 Å². The zero-order chi connectivity index (χ0) is 15.0. The Balaban J connectivity index is 1.97. The fourth-order valence-electron chi connectivity index (χ4n) is 3.09. The number of aryl methyl sites for hydroxylation is 1. The Morgan fingerprint density at radius 2 is 1.95 bits per heavy atom. The summed E-state index contributed by atoms with van der Waals surface area (Å²) < 4.78 is 0.927. The summed E-state index contributed by atoms with van der Waals surface area (Å²) in [6.07, 6.45) is 2.35. The van der Waals surface area contributed by atoms with E-state index in [0.29, 0.717) is 6.04 Å². The molecule has 2 aromatic rings. The number of anilines is 1. The Morgan fingerprint density at radius 3 is 2.71 bits per heavy atom. The van der Waals surface area contributed by atoms with E-state index in [1.165, 1.54) is 17.5 Å². The lowest BCUT2D eigenvalue weighted by Gasteiger charge is -2.41. The van der Waals surface area contributed by atoms with Crippen LogP contribution in [0.3, 0.4) is 0 Å². The Morgan fingerprint density at radius 1 is 1.19 bits per heavy atom. The number of nitrogens with one attached hydrogen (secondary N) is 1. The first kappa shape index (κ1) is 14.9. The number of hydrogen-bond donors (Lipinski definition) is 1. The smallest absolute Gasteiger partial charge is 0.0567 e. The van der Waals surface area contributed by atoms with Gasteiger partial charge in [0.15, 0.2) is 0 Å². The van der Waals surface area contributed by atoms with E-state index in [4.69, 9.17) is 11.6 Å². The summed E-state index contributed by atoms with van der Waals surface area (Å²) in [4.78, 5) is 0. The van der Waals surface area contributed by atoms with Gasteiger partial charge in [-0.15, -0.1) is 0 Å². The minimum atomic E-state index is 0.223. The Hall–Kier alpha value is -0.990. The monoisotopic (exact) mass is 363 g/mol. The fraction of sp³-hybridized carbons (Fsp3) is 0.333. The second-order valence-corrected chi connectivity index (χ2v) is 7.66. The number of halogens is 2. The Labute approximate surface area is 139 Å². The van der Waals surface area contributed by atoms with Gasteiger partial charge in [-0.05, 0) is 63.5 Å². The van der Waals surface area contributed by atoms with Crippen molar-refractivity contribution in [2.24, 2.45) is 5.41 Å². The van der Waals surface area contributed by atoms with Gasteiger partial charge >= 0.3 is 0 Å². The zero-order valence-electron chi connectivity index (χ0n) is 12.3. The summed E-state index contributed by atoms with van der Waals surface area (Å²) >= 11 is 9.59. The van der Waals surface area contributed by atoms with E-state index in [9.17, 15) is 0 Å². The van der Waals surface area contributed by atoms with Gasteiger partial charge < -0.3 is 5.32 Å². The second-order valence-electron chi connectivity index (χ2n) is 6.39. The molecule has 1 unspecified atom stereocenters. The topological polar surface area (TPSA) is 12.0 Å². The molecule has 0 bridgehead atoms. The SMILES string of the molecule is CC1(C)CCc2ccccc2C1Nc1ccc(Cl)c(Br)c1. The highest BCUT2D eigenvalue weighted by molar-refractivity contribution is 9.10. The van der Waals surface area contributed by atoms with Crippen molar-refractivity contribution in [3.63, 3.8) is 0 Å². The van der Waals surface area contributed by atoms with E-state index >= 15 is 0 Å². The molecule has 1 aliphatic rings. The van der Waals surface area contributed by atoms with Gasteiger partial charge in [-0.2, -0.15) is 0 Å². The molecule has 0 spiro atoms. The van der Waals surface area contributed by atoms with Gasteiger partial charge in [0.2, 0.25) is 0 Å². The van der Waals surface area contributed by atoms with Crippen molar-refractivity contribution in [2.75, 3.05) is 5.32 Å². The highest BCUT2D eigenvalue weighted by Crippen LogP contribution is 2.45. The molecule has 0 saturated heterocycles. The molecule has 1 nitrogen and oxygen atoms in total. The molecule has 1 N–H and O–H groups in total. The number of rotatable bonds is 2. The van der Waals surface area contributed by atoms with Crippen LogP contribution in [0, 0.1) is 5.41 Å². The molecule has 0 amide bonds. The summed E-state index contributed by atoms with van der Waals surface area (Å²) in [5, 5.41) is 4.45. The maximum absolute atomic E-state index is 6.09. The van der Waals surface area contributed by atoms with Crippen molar-refractivity contribution in [2.45, 2.75) is 32.7 Å². The number of hydrogen-bond acceptors (Lipinski definition) is 1. The molecular weight excluding hydrogens is 346 g/mol. The summed E-state index contributed by atoms with van der Waals surface area (Å²) in [6, 6.07) is 15.1. The number of fused-ring (bicyclic) bond motifs is 1. The molecule has 1 aliphatic carbocycles. The first-order chi connectivity index (χ1) is 9.97. The third kappa shape index (κ3) is 2.97. The number of benzene rings is 2. The first-order valence-corrected chi connectivity index (χ1v) is 8.44. The fourth-order valence-corrected chi connectivity index (χ4v) is 3.59. The summed E-state index contributed by atoms with van der Waals surface area (Å²) in [6.45, 7) is 4.68. The van der Waals surface area contributed by atoms with Gasteiger partial charge in [-0.3, -0.25) is 0 Å². The lowest BCUT2D eigenvalue weighted by molar-refractivity contribution is 0.265. The van der Waals surface area contributed by atoms with Crippen LogP contribution in [0.15, 0.2) is 46.9 Å². The minimum Gasteiger partial charge on any atom is -0.378 e. The standard InChI is InChI=1S/C18H19BrClN/c1-18(2)10-9-12-5-3-4-6-14(12)17(18)21-13-7-8-16(20)15(19)11-13/h3-8,11,17,21H,9-10H2,1-2H3. The molecule has 3 heteroatoms. The predicted molar refractivity (Wildman–Crippen MR) is 94.1 cm³/mol. The molecule has 0 fully saturated rings. The molecule has 1 atom stereocenters. The largest absolute Gasteiger partial charge is 0.378 e. The van der Waals surface area contributed by atoms with Gasteiger partial charge in [-0.1, -0.05) is 49.7 Å². The normalized spacial score (nSPS) is 19.9. The highest BCUT2D eigenvalue weighted by atomic mass is 79.9. The van der Waals surface area contributed by atoms with Crippen molar-refractivity contribution >= 4 is 33.2 Å². The average molecular weight is 365 g/mol. The molecule has 0 aliphatic heterocycles. The van der Waals surface area contributed by atoms with Crippen molar-refractivity contribution in [1.82, 2.24) is 0 Å². The second kappa shape index (κ2) is 5.66. The van der Waals surface area contributed by atoms with Crippen LogP contribution in [0.4, 0.5) is 5.69 Å². The predicted octanol–water partition coefficient (Wildman–Crippen LogP) is 6.23. The maximum Gasteiger partial charge on any atom is 0.0567 e. The van der Waals surface area contributed by atoms with Crippen molar-refractivity contribution in [3.8, 4) is 0 Å². The lowest BCUT2D eigenvalue weighted by Crippen LogP contribution is -2.33. The lowest BCUT2D eigenvalue weighted by atomic mass is 9.70. The molecule has 0 aromatic heterocycles. The molecule has 110 valence electrons. The van der Waals surface area contributed by atoms with Crippen LogP contribution >= 0.6 is 27.5 Å². The molecule has 0 saturated carbocycles. The van der Waals surface area contributed by atoms with E-state index in [1.54, 1.807) is 0 Å². The molecular formula is C18H19BrClN. The van der Waals surface area contributed by atoms with Gasteiger partial charge in [0.1, 0.15) is 0 Å². The van der Waals surface area contributed by atoms with Crippen molar-refractivity contribution < 1.29 is 0 Å². The van der Waals surface area contributed by atoms with Crippen LogP contribution < -0.4 is 5.32 Å². The Kier molecular flexibility index (Phi) is 4.02. The van der Waals surface area contributed by atoms with Crippen LogP contribution in [-0.4, -0.2) is 0 Å². The van der Waals surface area contributed by atoms with Crippen LogP contribution in [0.25, 0.3) is 0 Å². The quantitative estimate of drug-likeness (QED) is 0.666. The average Bonchev–Trinajstić information content (AvgIpc) is 2.46. The van der Waals surface area contributed by atoms with Gasteiger partial charge in [-0.25, -0.2) is 0 Å². The maximum atomic E-state index is 6.09. The van der Waals surface area contributed by atoms with Crippen molar-refractivity contribution in [3.05, 3.63) is 63.1 Å². The molecule has 3 rings (SSSR count). The Bertz CT molecular complexity index is 666. The van der Waals surface area contributed by atoms with E-state index in [0.717, 1.165) is 21.6 Å². The van der Waals surface area contributed by atoms with Crippen LogP contribution in [-0.2, 0) is 6.42 Å². The van der Waals surface area contributed by atoms with E-state index in [1.807, 2.05) is 12.1 Å². The third-order valence-corrected chi connectivity index (χ3v) is 5.63. The molecule has 0 radical (unpaired) electrons.